The number of morpholine rings is 2. The maximum Gasteiger partial charge on any atom is 0.275 e. The third-order valence-corrected chi connectivity index (χ3v) is 6.60. The Kier molecular flexibility index (Phi) is 8.25. The van der Waals surface area contributed by atoms with Crippen molar-refractivity contribution in [3.63, 3.8) is 0 Å². The predicted octanol–water partition coefficient (Wildman–Crippen LogP) is 4.45. The van der Waals surface area contributed by atoms with Gasteiger partial charge < -0.3 is 24.0 Å². The molecule has 200 valence electrons. The predicted molar refractivity (Wildman–Crippen MR) is 139 cm³/mol. The smallest absolute Gasteiger partial charge is 0.275 e. The van der Waals surface area contributed by atoms with Crippen molar-refractivity contribution in [1.82, 2.24) is 0 Å². The Morgan fingerprint density at radius 3 is 1.41 bits per heavy atom. The van der Waals surface area contributed by atoms with Crippen molar-refractivity contribution in [3.8, 4) is 0 Å². The van der Waals surface area contributed by atoms with Gasteiger partial charge in [0, 0.05) is 49.7 Å². The van der Waals surface area contributed by atoms with Crippen LogP contribution in [0, 0.1) is 20.2 Å². The second-order valence-corrected chi connectivity index (χ2v) is 9.96. The van der Waals surface area contributed by atoms with Crippen LogP contribution in [0.3, 0.4) is 0 Å². The maximum absolute atomic E-state index is 11.7. The fraction of sp³-hybridized carbons (Fsp3) is 0.538. The van der Waals surface area contributed by atoms with Crippen LogP contribution in [-0.4, -0.2) is 60.4 Å². The Balaban J connectivity index is 1.52. The molecule has 0 amide bonds. The molecule has 0 saturated carbocycles. The first-order valence-corrected chi connectivity index (χ1v) is 12.5. The fourth-order valence-corrected chi connectivity index (χ4v) is 5.17. The van der Waals surface area contributed by atoms with Gasteiger partial charge in [0.1, 0.15) is 0 Å². The number of nitro benzene ring substituents is 2. The molecule has 0 radical (unpaired) electrons. The van der Waals surface area contributed by atoms with Crippen LogP contribution in [0.25, 0.3) is 0 Å². The van der Waals surface area contributed by atoms with E-state index >= 15 is 0 Å². The molecule has 2 fully saturated rings. The third-order valence-electron chi connectivity index (χ3n) is 6.60. The SMILES string of the molecule is C[C@@H]1CN(c2ccc([N+](=O)[O-])c(COCc3cc(N4C[C@H](C)O[C@@H](C)C4)ccc3[N+](=O)[O-])c2)C[C@H](C)O1. The summed E-state index contributed by atoms with van der Waals surface area (Å²) < 4.78 is 17.5. The standard InChI is InChI=1S/C26H34N4O7/c1-17-11-27(12-18(2)36-17)23-5-7-25(29(31)32)21(9-23)15-35-16-22-10-24(6-8-26(22)30(33)34)28-13-19(3)37-20(4)14-28/h5-10,17-20H,11-16H2,1-4H3/t17-,18-,19-,20+/m0/s1. The summed E-state index contributed by atoms with van der Waals surface area (Å²) in [5.41, 5.74) is 2.47. The number of benzene rings is 2. The van der Waals surface area contributed by atoms with Crippen LogP contribution >= 0.6 is 0 Å². The molecule has 0 bridgehead atoms. The summed E-state index contributed by atoms with van der Waals surface area (Å²) in [5, 5.41) is 23.3. The Hall–Kier alpha value is -3.28. The first-order chi connectivity index (χ1) is 17.6. The minimum absolute atomic E-state index is 0.0438. The Morgan fingerprint density at radius 2 is 1.08 bits per heavy atom. The molecule has 4 atom stereocenters. The molecule has 2 aliphatic heterocycles. The highest BCUT2D eigenvalue weighted by atomic mass is 16.6. The Labute approximate surface area is 216 Å². The molecule has 0 aromatic heterocycles. The van der Waals surface area contributed by atoms with E-state index in [1.807, 2.05) is 27.7 Å². The normalized spacial score (nSPS) is 24.2. The van der Waals surface area contributed by atoms with Gasteiger partial charge in [-0.3, -0.25) is 20.2 Å². The summed E-state index contributed by atoms with van der Waals surface area (Å²) in [6.45, 7) is 10.6. The first kappa shape index (κ1) is 26.8. The number of rotatable bonds is 8. The monoisotopic (exact) mass is 514 g/mol. The number of hydrogen-bond donors (Lipinski definition) is 0. The average Bonchev–Trinajstić information content (AvgIpc) is 2.82. The van der Waals surface area contributed by atoms with Crippen LogP contribution in [-0.2, 0) is 27.4 Å². The Bertz CT molecular complexity index is 1040. The van der Waals surface area contributed by atoms with Crippen LogP contribution in [0.2, 0.25) is 0 Å². The lowest BCUT2D eigenvalue weighted by Crippen LogP contribution is -2.45. The van der Waals surface area contributed by atoms with Gasteiger partial charge in [0.25, 0.3) is 11.4 Å². The molecule has 11 nitrogen and oxygen atoms in total. The number of nitrogens with zero attached hydrogens (tertiary/aromatic N) is 4. The lowest BCUT2D eigenvalue weighted by Gasteiger charge is -2.37. The summed E-state index contributed by atoms with van der Waals surface area (Å²) >= 11 is 0. The Morgan fingerprint density at radius 1 is 0.730 bits per heavy atom. The topological polar surface area (TPSA) is 120 Å². The van der Waals surface area contributed by atoms with Crippen molar-refractivity contribution in [2.75, 3.05) is 36.0 Å². The molecule has 2 aromatic carbocycles. The minimum Gasteiger partial charge on any atom is -0.372 e. The molecular formula is C26H34N4O7. The van der Waals surface area contributed by atoms with Crippen molar-refractivity contribution >= 4 is 22.7 Å². The second kappa shape index (κ2) is 11.4. The average molecular weight is 515 g/mol. The molecule has 2 aliphatic rings. The molecule has 0 unspecified atom stereocenters. The van der Waals surface area contributed by atoms with Crippen LogP contribution < -0.4 is 9.80 Å². The summed E-state index contributed by atoms with van der Waals surface area (Å²) in [4.78, 5) is 26.8. The van der Waals surface area contributed by atoms with Gasteiger partial charge in [0.05, 0.1) is 58.6 Å². The first-order valence-electron chi connectivity index (χ1n) is 12.5. The molecular weight excluding hydrogens is 480 g/mol. The van der Waals surface area contributed by atoms with E-state index in [1.165, 1.54) is 12.1 Å². The van der Waals surface area contributed by atoms with Crippen molar-refractivity contribution in [3.05, 3.63) is 67.8 Å². The van der Waals surface area contributed by atoms with Gasteiger partial charge in [0.2, 0.25) is 0 Å². The summed E-state index contributed by atoms with van der Waals surface area (Å²) in [6, 6.07) is 10.00. The van der Waals surface area contributed by atoms with Gasteiger partial charge in [-0.1, -0.05) is 0 Å². The third kappa shape index (κ3) is 6.54. The van der Waals surface area contributed by atoms with E-state index in [1.54, 1.807) is 24.3 Å². The van der Waals surface area contributed by atoms with E-state index in [0.29, 0.717) is 37.3 Å². The highest BCUT2D eigenvalue weighted by molar-refractivity contribution is 5.57. The lowest BCUT2D eigenvalue weighted by atomic mass is 10.1. The van der Waals surface area contributed by atoms with Crippen molar-refractivity contribution < 1.29 is 24.1 Å². The number of ether oxygens (including phenoxy) is 3. The van der Waals surface area contributed by atoms with E-state index in [-0.39, 0.29) is 49.0 Å². The van der Waals surface area contributed by atoms with Crippen molar-refractivity contribution in [1.29, 1.82) is 0 Å². The van der Waals surface area contributed by atoms with Crippen molar-refractivity contribution in [2.45, 2.75) is 65.3 Å². The van der Waals surface area contributed by atoms with E-state index in [0.717, 1.165) is 11.4 Å². The van der Waals surface area contributed by atoms with Crippen molar-refractivity contribution in [2.24, 2.45) is 0 Å². The molecule has 0 aliphatic carbocycles. The van der Waals surface area contributed by atoms with Crippen LogP contribution in [0.4, 0.5) is 22.7 Å². The number of nitro groups is 2. The zero-order valence-electron chi connectivity index (χ0n) is 21.7. The second-order valence-electron chi connectivity index (χ2n) is 9.96. The van der Waals surface area contributed by atoms with Crippen LogP contribution in [0.1, 0.15) is 38.8 Å². The molecule has 11 heteroatoms. The van der Waals surface area contributed by atoms with Gasteiger partial charge in [-0.15, -0.1) is 0 Å². The lowest BCUT2D eigenvalue weighted by molar-refractivity contribution is -0.386. The van der Waals surface area contributed by atoms with Crippen LogP contribution in [0.5, 0.6) is 0 Å². The summed E-state index contributed by atoms with van der Waals surface area (Å²) in [5.74, 6) is 0. The summed E-state index contributed by atoms with van der Waals surface area (Å²) in [7, 11) is 0. The van der Waals surface area contributed by atoms with Gasteiger partial charge >= 0.3 is 0 Å². The molecule has 2 heterocycles. The quantitative estimate of drug-likeness (QED) is 0.372. The number of hydrogen-bond acceptors (Lipinski definition) is 9. The fourth-order valence-electron chi connectivity index (χ4n) is 5.17. The minimum atomic E-state index is -0.434. The highest BCUT2D eigenvalue weighted by Crippen LogP contribution is 2.30. The van der Waals surface area contributed by atoms with E-state index in [9.17, 15) is 20.2 Å². The number of anilines is 2. The zero-order valence-corrected chi connectivity index (χ0v) is 21.7. The van der Waals surface area contributed by atoms with Gasteiger partial charge in [0.15, 0.2) is 0 Å². The largest absolute Gasteiger partial charge is 0.372 e. The van der Waals surface area contributed by atoms with Gasteiger partial charge in [-0.2, -0.15) is 0 Å². The van der Waals surface area contributed by atoms with Gasteiger partial charge in [-0.05, 0) is 52.0 Å². The molecule has 0 N–H and O–H groups in total. The van der Waals surface area contributed by atoms with Gasteiger partial charge in [-0.25, -0.2) is 0 Å². The van der Waals surface area contributed by atoms with E-state index < -0.39 is 9.85 Å². The van der Waals surface area contributed by atoms with Crippen LogP contribution in [0.15, 0.2) is 36.4 Å². The molecule has 37 heavy (non-hydrogen) atoms. The summed E-state index contributed by atoms with van der Waals surface area (Å²) in [6.07, 6.45) is 0.181. The molecule has 4 rings (SSSR count). The van der Waals surface area contributed by atoms with E-state index in [4.69, 9.17) is 14.2 Å². The maximum atomic E-state index is 11.7. The molecule has 2 aromatic rings. The molecule has 2 saturated heterocycles. The van der Waals surface area contributed by atoms with E-state index in [2.05, 4.69) is 9.80 Å². The molecule has 0 spiro atoms. The zero-order chi connectivity index (χ0) is 26.7. The highest BCUT2D eigenvalue weighted by Gasteiger charge is 2.26.